The summed E-state index contributed by atoms with van der Waals surface area (Å²) in [5, 5.41) is 3.68. The van der Waals surface area contributed by atoms with Crippen LogP contribution in [-0.2, 0) is 11.3 Å². The van der Waals surface area contributed by atoms with Crippen molar-refractivity contribution in [1.82, 2.24) is 4.90 Å². The molecule has 1 N–H and O–H groups in total. The van der Waals surface area contributed by atoms with Crippen LogP contribution < -0.4 is 10.2 Å². The van der Waals surface area contributed by atoms with Crippen LogP contribution in [0.1, 0.15) is 31.7 Å². The normalized spacial score (nSPS) is 21.6. The second kappa shape index (κ2) is 8.13. The summed E-state index contributed by atoms with van der Waals surface area (Å²) in [6.45, 7) is 6.46. The van der Waals surface area contributed by atoms with E-state index < -0.39 is 0 Å². The van der Waals surface area contributed by atoms with Crippen LogP contribution >= 0.6 is 0 Å². The highest BCUT2D eigenvalue weighted by atomic mass is 16.2. The van der Waals surface area contributed by atoms with Crippen molar-refractivity contribution in [2.75, 3.05) is 29.9 Å². The van der Waals surface area contributed by atoms with Crippen molar-refractivity contribution < 1.29 is 4.79 Å². The third-order valence-corrected chi connectivity index (χ3v) is 5.89. The van der Waals surface area contributed by atoms with E-state index in [1.807, 2.05) is 17.0 Å². The van der Waals surface area contributed by atoms with Crippen molar-refractivity contribution >= 4 is 17.3 Å². The van der Waals surface area contributed by atoms with E-state index >= 15 is 0 Å². The fourth-order valence-electron chi connectivity index (χ4n) is 4.32. The zero-order chi connectivity index (χ0) is 18.6. The Morgan fingerprint density at radius 1 is 1.11 bits per heavy atom. The lowest BCUT2D eigenvalue weighted by Crippen LogP contribution is -2.29. The first-order valence-electron chi connectivity index (χ1n) is 10.1. The zero-order valence-electron chi connectivity index (χ0n) is 16.1. The smallest absolute Gasteiger partial charge is 0.227 e. The van der Waals surface area contributed by atoms with E-state index in [4.69, 9.17) is 0 Å². The van der Waals surface area contributed by atoms with Crippen LogP contribution in [0.3, 0.4) is 0 Å². The molecule has 0 spiro atoms. The van der Waals surface area contributed by atoms with Gasteiger partial charge in [0.1, 0.15) is 0 Å². The van der Waals surface area contributed by atoms with E-state index in [0.29, 0.717) is 18.4 Å². The number of likely N-dealkylation sites (tertiary alicyclic amines) is 1. The van der Waals surface area contributed by atoms with Crippen LogP contribution in [-0.4, -0.2) is 36.5 Å². The Hall–Kier alpha value is -2.33. The van der Waals surface area contributed by atoms with E-state index in [9.17, 15) is 4.79 Å². The van der Waals surface area contributed by atoms with Crippen LogP contribution in [0.15, 0.2) is 54.6 Å². The number of nitrogens with one attached hydrogen (secondary N) is 1. The van der Waals surface area contributed by atoms with Crippen LogP contribution in [0.5, 0.6) is 0 Å². The summed E-state index contributed by atoms with van der Waals surface area (Å²) < 4.78 is 0. The van der Waals surface area contributed by atoms with Crippen molar-refractivity contribution in [3.63, 3.8) is 0 Å². The van der Waals surface area contributed by atoms with Crippen molar-refractivity contribution in [3.05, 3.63) is 60.2 Å². The summed E-state index contributed by atoms with van der Waals surface area (Å²) in [4.78, 5) is 16.5. The Morgan fingerprint density at radius 3 is 2.74 bits per heavy atom. The number of hydrogen-bond acceptors (Lipinski definition) is 3. The number of benzene rings is 2. The fraction of sp³-hybridized carbons (Fsp3) is 0.435. The molecule has 27 heavy (non-hydrogen) atoms. The number of carbonyl (C=O) groups excluding carboxylic acids is 1. The number of amides is 1. The average molecular weight is 364 g/mol. The van der Waals surface area contributed by atoms with Gasteiger partial charge < -0.3 is 10.2 Å². The number of hydrogen-bond donors (Lipinski definition) is 1. The predicted molar refractivity (Wildman–Crippen MR) is 111 cm³/mol. The second-order valence-corrected chi connectivity index (χ2v) is 7.90. The van der Waals surface area contributed by atoms with Crippen LogP contribution in [0.25, 0.3) is 0 Å². The summed E-state index contributed by atoms with van der Waals surface area (Å²) in [6.07, 6.45) is 2.87. The molecule has 0 unspecified atom stereocenters. The van der Waals surface area contributed by atoms with Crippen molar-refractivity contribution in [2.45, 2.75) is 38.8 Å². The zero-order valence-corrected chi connectivity index (χ0v) is 16.1. The van der Waals surface area contributed by atoms with Gasteiger partial charge in [0, 0.05) is 43.5 Å². The molecule has 2 saturated heterocycles. The Kier molecular flexibility index (Phi) is 5.44. The summed E-state index contributed by atoms with van der Waals surface area (Å²) in [5.41, 5.74) is 3.52. The maximum absolute atomic E-state index is 12.0. The summed E-state index contributed by atoms with van der Waals surface area (Å²) >= 11 is 0. The fourth-order valence-corrected chi connectivity index (χ4v) is 4.32. The first-order chi connectivity index (χ1) is 13.2. The maximum atomic E-state index is 12.0. The summed E-state index contributed by atoms with van der Waals surface area (Å²) in [7, 11) is 0. The van der Waals surface area contributed by atoms with E-state index in [2.05, 4.69) is 59.6 Å². The quantitative estimate of drug-likeness (QED) is 0.838. The first-order valence-corrected chi connectivity index (χ1v) is 10.1. The molecular formula is C23H29N3O. The van der Waals surface area contributed by atoms with Gasteiger partial charge >= 0.3 is 0 Å². The molecular weight excluding hydrogens is 334 g/mol. The van der Waals surface area contributed by atoms with Gasteiger partial charge in [-0.2, -0.15) is 0 Å². The highest BCUT2D eigenvalue weighted by molar-refractivity contribution is 5.95. The van der Waals surface area contributed by atoms with Gasteiger partial charge in [-0.25, -0.2) is 0 Å². The lowest BCUT2D eigenvalue weighted by Gasteiger charge is -2.24. The number of rotatable bonds is 6. The molecule has 142 valence electrons. The lowest BCUT2D eigenvalue weighted by molar-refractivity contribution is -0.117. The first kappa shape index (κ1) is 18.1. The highest BCUT2D eigenvalue weighted by Crippen LogP contribution is 2.27. The molecule has 0 aromatic heterocycles. The molecule has 2 aromatic rings. The predicted octanol–water partition coefficient (Wildman–Crippen LogP) is 4.14. The monoisotopic (exact) mass is 363 g/mol. The van der Waals surface area contributed by atoms with Crippen LogP contribution in [0.4, 0.5) is 11.4 Å². The van der Waals surface area contributed by atoms with Gasteiger partial charge in [-0.15, -0.1) is 0 Å². The third kappa shape index (κ3) is 4.33. The molecule has 0 saturated carbocycles. The Balaban J connectivity index is 1.34. The minimum absolute atomic E-state index is 0.243. The van der Waals surface area contributed by atoms with E-state index in [1.165, 1.54) is 12.0 Å². The van der Waals surface area contributed by atoms with Gasteiger partial charge in [-0.3, -0.25) is 9.69 Å². The average Bonchev–Trinajstić information content (AvgIpc) is 3.32. The number of anilines is 2. The SMILES string of the molecule is C[C@@H](Nc1cccc(N2CCCC2=O)c1)[C@H]1CCN(Cc2ccccc2)C1. The molecule has 0 radical (unpaired) electrons. The van der Waals surface area contributed by atoms with E-state index in [0.717, 1.165) is 44.0 Å². The Bertz CT molecular complexity index is 776. The molecule has 0 bridgehead atoms. The molecule has 4 rings (SSSR count). The second-order valence-electron chi connectivity index (χ2n) is 7.90. The molecule has 2 heterocycles. The van der Waals surface area contributed by atoms with E-state index in [1.54, 1.807) is 0 Å². The summed E-state index contributed by atoms with van der Waals surface area (Å²) in [5.74, 6) is 0.887. The topological polar surface area (TPSA) is 35.6 Å². The van der Waals surface area contributed by atoms with Gasteiger partial charge in [-0.1, -0.05) is 36.4 Å². The Morgan fingerprint density at radius 2 is 1.96 bits per heavy atom. The lowest BCUT2D eigenvalue weighted by atomic mass is 10.0. The van der Waals surface area contributed by atoms with Crippen LogP contribution in [0, 0.1) is 5.92 Å². The number of nitrogens with zero attached hydrogens (tertiary/aromatic N) is 2. The van der Waals surface area contributed by atoms with Crippen LogP contribution in [0.2, 0.25) is 0 Å². The molecule has 4 heteroatoms. The van der Waals surface area contributed by atoms with Gasteiger partial charge in [0.15, 0.2) is 0 Å². The maximum Gasteiger partial charge on any atom is 0.227 e. The van der Waals surface area contributed by atoms with Gasteiger partial charge in [0.2, 0.25) is 5.91 Å². The third-order valence-electron chi connectivity index (χ3n) is 5.89. The molecule has 2 aromatic carbocycles. The minimum atomic E-state index is 0.243. The molecule has 2 aliphatic heterocycles. The molecule has 2 fully saturated rings. The van der Waals surface area contributed by atoms with E-state index in [-0.39, 0.29) is 5.91 Å². The largest absolute Gasteiger partial charge is 0.382 e. The van der Waals surface area contributed by atoms with Crippen molar-refractivity contribution in [1.29, 1.82) is 0 Å². The summed E-state index contributed by atoms with van der Waals surface area (Å²) in [6, 6.07) is 19.5. The molecule has 2 aliphatic rings. The molecule has 4 nitrogen and oxygen atoms in total. The van der Waals surface area contributed by atoms with Crippen molar-refractivity contribution in [2.24, 2.45) is 5.92 Å². The standard InChI is InChI=1S/C23H29N3O/c1-18(20-12-14-25(17-20)16-19-7-3-2-4-8-19)24-21-9-5-10-22(15-21)26-13-6-11-23(26)27/h2-5,7-10,15,18,20,24H,6,11-14,16-17H2,1H3/t18-,20+/m1/s1. The molecule has 2 atom stereocenters. The van der Waals surface area contributed by atoms with Crippen molar-refractivity contribution in [3.8, 4) is 0 Å². The highest BCUT2D eigenvalue weighted by Gasteiger charge is 2.27. The molecule has 1 amide bonds. The van der Waals surface area contributed by atoms with Gasteiger partial charge in [-0.05, 0) is 56.0 Å². The van der Waals surface area contributed by atoms with Gasteiger partial charge in [0.05, 0.1) is 0 Å². The minimum Gasteiger partial charge on any atom is -0.382 e. The molecule has 0 aliphatic carbocycles. The van der Waals surface area contributed by atoms with Gasteiger partial charge in [0.25, 0.3) is 0 Å². The Labute approximate surface area is 162 Å². The number of carbonyl (C=O) groups is 1.